The highest BCUT2D eigenvalue weighted by atomic mass is 35.5. The molecule has 1 fully saturated rings. The zero-order valence-electron chi connectivity index (χ0n) is 8.93. The lowest BCUT2D eigenvalue weighted by molar-refractivity contribution is 0.126. The van der Waals surface area contributed by atoms with Gasteiger partial charge >= 0.3 is 0 Å². The van der Waals surface area contributed by atoms with Crippen molar-refractivity contribution in [3.63, 3.8) is 0 Å². The Labute approximate surface area is 87.4 Å². The van der Waals surface area contributed by atoms with Crippen LogP contribution in [0.3, 0.4) is 0 Å². The van der Waals surface area contributed by atoms with E-state index in [1.165, 1.54) is 32.4 Å². The minimum absolute atomic E-state index is 0.785. The predicted molar refractivity (Wildman–Crippen MR) is 59.3 cm³/mol. The van der Waals surface area contributed by atoms with Gasteiger partial charge in [-0.15, -0.1) is 11.6 Å². The maximum Gasteiger partial charge on any atom is 0.0351 e. The van der Waals surface area contributed by atoms with Crippen LogP contribution in [0.4, 0.5) is 0 Å². The molecule has 78 valence electrons. The molecule has 0 aromatic carbocycles. The van der Waals surface area contributed by atoms with E-state index in [2.05, 4.69) is 18.7 Å². The minimum Gasteiger partial charge on any atom is -0.302 e. The SMILES string of the molecule is CCC1CC(CC)CN(CCCl)C1. The Morgan fingerprint density at radius 1 is 1.15 bits per heavy atom. The molecule has 1 heterocycles. The van der Waals surface area contributed by atoms with Crippen LogP contribution in [-0.4, -0.2) is 30.4 Å². The van der Waals surface area contributed by atoms with E-state index in [1.807, 2.05) is 0 Å². The van der Waals surface area contributed by atoms with E-state index in [4.69, 9.17) is 11.6 Å². The molecule has 0 N–H and O–H groups in total. The van der Waals surface area contributed by atoms with Gasteiger partial charge in [-0.2, -0.15) is 0 Å². The van der Waals surface area contributed by atoms with E-state index < -0.39 is 0 Å². The van der Waals surface area contributed by atoms with E-state index >= 15 is 0 Å². The largest absolute Gasteiger partial charge is 0.302 e. The number of piperidine rings is 1. The molecule has 1 nitrogen and oxygen atoms in total. The van der Waals surface area contributed by atoms with Crippen LogP contribution in [0.2, 0.25) is 0 Å². The zero-order chi connectivity index (χ0) is 9.68. The van der Waals surface area contributed by atoms with Crippen molar-refractivity contribution in [3.05, 3.63) is 0 Å². The highest BCUT2D eigenvalue weighted by Gasteiger charge is 2.24. The second-order valence-corrected chi connectivity index (χ2v) is 4.61. The second-order valence-electron chi connectivity index (χ2n) is 4.23. The van der Waals surface area contributed by atoms with Crippen LogP contribution in [0, 0.1) is 11.8 Å². The topological polar surface area (TPSA) is 3.24 Å². The monoisotopic (exact) mass is 203 g/mol. The molecule has 0 spiro atoms. The maximum absolute atomic E-state index is 5.78. The zero-order valence-corrected chi connectivity index (χ0v) is 9.69. The number of hydrogen-bond acceptors (Lipinski definition) is 1. The third-order valence-electron chi connectivity index (χ3n) is 3.25. The molecule has 0 amide bonds. The predicted octanol–water partition coefficient (Wildman–Crippen LogP) is 2.98. The average molecular weight is 204 g/mol. The van der Waals surface area contributed by atoms with Crippen LogP contribution in [0.15, 0.2) is 0 Å². The lowest BCUT2D eigenvalue weighted by Crippen LogP contribution is -2.41. The molecule has 1 rings (SSSR count). The Balaban J connectivity index is 2.39. The van der Waals surface area contributed by atoms with Crippen LogP contribution < -0.4 is 0 Å². The van der Waals surface area contributed by atoms with Crippen molar-refractivity contribution in [2.75, 3.05) is 25.5 Å². The van der Waals surface area contributed by atoms with Gasteiger partial charge in [0.15, 0.2) is 0 Å². The third kappa shape index (κ3) is 3.47. The summed E-state index contributed by atoms with van der Waals surface area (Å²) >= 11 is 5.78. The Bertz CT molecular complexity index is 126. The van der Waals surface area contributed by atoms with Crippen molar-refractivity contribution in [3.8, 4) is 0 Å². The number of likely N-dealkylation sites (tertiary alicyclic amines) is 1. The van der Waals surface area contributed by atoms with Gasteiger partial charge in [0.25, 0.3) is 0 Å². The van der Waals surface area contributed by atoms with E-state index in [-0.39, 0.29) is 0 Å². The number of alkyl halides is 1. The lowest BCUT2D eigenvalue weighted by atomic mass is 9.86. The number of nitrogens with zero attached hydrogens (tertiary/aromatic N) is 1. The Morgan fingerprint density at radius 2 is 1.69 bits per heavy atom. The van der Waals surface area contributed by atoms with Crippen LogP contribution in [0.25, 0.3) is 0 Å². The molecule has 2 heteroatoms. The molecule has 2 unspecified atom stereocenters. The first kappa shape index (κ1) is 11.3. The normalized spacial score (nSPS) is 30.7. The van der Waals surface area contributed by atoms with Gasteiger partial charge in [0.05, 0.1) is 0 Å². The highest BCUT2D eigenvalue weighted by molar-refractivity contribution is 6.18. The molecule has 1 aliphatic heterocycles. The molecule has 2 atom stereocenters. The molecule has 0 radical (unpaired) electrons. The Morgan fingerprint density at radius 3 is 2.08 bits per heavy atom. The first-order valence-corrected chi connectivity index (χ1v) is 6.11. The quantitative estimate of drug-likeness (QED) is 0.636. The van der Waals surface area contributed by atoms with Gasteiger partial charge in [0, 0.05) is 25.5 Å². The summed E-state index contributed by atoms with van der Waals surface area (Å²) in [5.41, 5.74) is 0. The van der Waals surface area contributed by atoms with Crippen LogP contribution in [0.1, 0.15) is 33.1 Å². The summed E-state index contributed by atoms with van der Waals surface area (Å²) in [6, 6.07) is 0. The fraction of sp³-hybridized carbons (Fsp3) is 1.00. The highest BCUT2D eigenvalue weighted by Crippen LogP contribution is 2.25. The second kappa shape index (κ2) is 5.87. The van der Waals surface area contributed by atoms with Crippen LogP contribution in [-0.2, 0) is 0 Å². The third-order valence-corrected chi connectivity index (χ3v) is 3.42. The van der Waals surface area contributed by atoms with Crippen LogP contribution in [0.5, 0.6) is 0 Å². The smallest absolute Gasteiger partial charge is 0.0351 e. The molecule has 0 bridgehead atoms. The van der Waals surface area contributed by atoms with Crippen molar-refractivity contribution in [1.29, 1.82) is 0 Å². The van der Waals surface area contributed by atoms with Gasteiger partial charge in [-0.25, -0.2) is 0 Å². The molecule has 0 saturated carbocycles. The summed E-state index contributed by atoms with van der Waals surface area (Å²) in [5, 5.41) is 0. The molecule has 13 heavy (non-hydrogen) atoms. The average Bonchev–Trinajstić information content (AvgIpc) is 2.17. The maximum atomic E-state index is 5.78. The number of rotatable bonds is 4. The van der Waals surface area contributed by atoms with Gasteiger partial charge in [0.2, 0.25) is 0 Å². The summed E-state index contributed by atoms with van der Waals surface area (Å²) < 4.78 is 0. The van der Waals surface area contributed by atoms with Gasteiger partial charge < -0.3 is 4.90 Å². The van der Waals surface area contributed by atoms with Crippen molar-refractivity contribution < 1.29 is 0 Å². The van der Waals surface area contributed by atoms with E-state index in [0.29, 0.717) is 0 Å². The molecule has 0 aromatic rings. The molecular weight excluding hydrogens is 182 g/mol. The Kier molecular flexibility index (Phi) is 5.12. The van der Waals surface area contributed by atoms with Gasteiger partial charge in [-0.3, -0.25) is 0 Å². The minimum atomic E-state index is 0.785. The van der Waals surface area contributed by atoms with E-state index in [9.17, 15) is 0 Å². The fourth-order valence-corrected chi connectivity index (χ4v) is 2.56. The van der Waals surface area contributed by atoms with Gasteiger partial charge in [0.1, 0.15) is 0 Å². The standard InChI is InChI=1S/C11H22ClN/c1-3-10-7-11(4-2)9-13(8-10)6-5-12/h10-11H,3-9H2,1-2H3. The first-order chi connectivity index (χ1) is 6.30. The van der Waals surface area contributed by atoms with Crippen molar-refractivity contribution in [1.82, 2.24) is 4.90 Å². The van der Waals surface area contributed by atoms with Crippen molar-refractivity contribution in [2.45, 2.75) is 33.1 Å². The van der Waals surface area contributed by atoms with Gasteiger partial charge in [-0.1, -0.05) is 26.7 Å². The summed E-state index contributed by atoms with van der Waals surface area (Å²) in [7, 11) is 0. The van der Waals surface area contributed by atoms with Crippen LogP contribution >= 0.6 is 11.6 Å². The molecule has 0 aromatic heterocycles. The lowest BCUT2D eigenvalue weighted by Gasteiger charge is -2.36. The molecule has 0 aliphatic carbocycles. The molecule has 1 aliphatic rings. The van der Waals surface area contributed by atoms with E-state index in [1.54, 1.807) is 0 Å². The number of hydrogen-bond donors (Lipinski definition) is 0. The summed E-state index contributed by atoms with van der Waals surface area (Å²) in [6.07, 6.45) is 4.09. The van der Waals surface area contributed by atoms with Crippen molar-refractivity contribution in [2.24, 2.45) is 11.8 Å². The first-order valence-electron chi connectivity index (χ1n) is 5.58. The number of halogens is 1. The van der Waals surface area contributed by atoms with E-state index in [0.717, 1.165) is 24.3 Å². The summed E-state index contributed by atoms with van der Waals surface area (Å²) in [5.74, 6) is 2.62. The van der Waals surface area contributed by atoms with Gasteiger partial charge in [-0.05, 0) is 18.3 Å². The molecular formula is C11H22ClN. The Hall–Kier alpha value is 0.250. The van der Waals surface area contributed by atoms with Crippen molar-refractivity contribution >= 4 is 11.6 Å². The summed E-state index contributed by atoms with van der Waals surface area (Å²) in [6.45, 7) is 8.25. The summed E-state index contributed by atoms with van der Waals surface area (Å²) in [4.78, 5) is 2.54. The molecule has 1 saturated heterocycles. The fourth-order valence-electron chi connectivity index (χ4n) is 2.32.